The van der Waals surface area contributed by atoms with Gasteiger partial charge in [0.15, 0.2) is 0 Å². The second kappa shape index (κ2) is 5.14. The Bertz CT molecular complexity index is 469. The van der Waals surface area contributed by atoms with Crippen molar-refractivity contribution >= 4 is 23.1 Å². The standard InChI is InChI=1S/C12H15FN2O2S/c1-8-9(2)18-7-6-14(8)11-5-3-4-10(13)12(11)15(16)17/h3-5,8-9H,6-7H2,1-2H3. The van der Waals surface area contributed by atoms with Crippen molar-refractivity contribution in [3.05, 3.63) is 34.1 Å². The Morgan fingerprint density at radius 2 is 2.22 bits per heavy atom. The van der Waals surface area contributed by atoms with Gasteiger partial charge in [0.2, 0.25) is 5.82 Å². The van der Waals surface area contributed by atoms with E-state index in [4.69, 9.17) is 0 Å². The number of anilines is 1. The van der Waals surface area contributed by atoms with Crippen molar-refractivity contribution in [2.75, 3.05) is 17.2 Å². The van der Waals surface area contributed by atoms with Crippen LogP contribution in [-0.4, -0.2) is 28.5 Å². The molecule has 0 amide bonds. The van der Waals surface area contributed by atoms with Crippen LogP contribution in [0.2, 0.25) is 0 Å². The first-order valence-electron chi connectivity index (χ1n) is 5.83. The summed E-state index contributed by atoms with van der Waals surface area (Å²) >= 11 is 1.84. The van der Waals surface area contributed by atoms with Crippen molar-refractivity contribution in [1.29, 1.82) is 0 Å². The molecule has 1 fully saturated rings. The summed E-state index contributed by atoms with van der Waals surface area (Å²) in [6.07, 6.45) is 0. The molecule has 98 valence electrons. The molecular weight excluding hydrogens is 255 g/mol. The van der Waals surface area contributed by atoms with E-state index in [0.29, 0.717) is 17.5 Å². The molecule has 2 atom stereocenters. The van der Waals surface area contributed by atoms with Crippen LogP contribution in [-0.2, 0) is 0 Å². The van der Waals surface area contributed by atoms with Crippen molar-refractivity contribution in [3.8, 4) is 0 Å². The molecule has 0 saturated carbocycles. The summed E-state index contributed by atoms with van der Waals surface area (Å²) in [4.78, 5) is 12.3. The average Bonchev–Trinajstić information content (AvgIpc) is 2.32. The second-order valence-electron chi connectivity index (χ2n) is 4.37. The molecule has 0 bridgehead atoms. The van der Waals surface area contributed by atoms with Gasteiger partial charge in [0.05, 0.1) is 4.92 Å². The maximum Gasteiger partial charge on any atom is 0.327 e. The van der Waals surface area contributed by atoms with Gasteiger partial charge >= 0.3 is 5.69 Å². The predicted octanol–water partition coefficient (Wildman–Crippen LogP) is 3.06. The Kier molecular flexibility index (Phi) is 3.75. The minimum atomic E-state index is -0.768. The first-order chi connectivity index (χ1) is 8.52. The lowest BCUT2D eigenvalue weighted by Crippen LogP contribution is -2.45. The van der Waals surface area contributed by atoms with Gasteiger partial charge in [-0.1, -0.05) is 13.0 Å². The van der Waals surface area contributed by atoms with Crippen LogP contribution in [0.3, 0.4) is 0 Å². The summed E-state index contributed by atoms with van der Waals surface area (Å²) < 4.78 is 13.6. The van der Waals surface area contributed by atoms with Crippen LogP contribution >= 0.6 is 11.8 Å². The molecule has 0 N–H and O–H groups in total. The van der Waals surface area contributed by atoms with E-state index >= 15 is 0 Å². The molecule has 2 unspecified atom stereocenters. The van der Waals surface area contributed by atoms with Gasteiger partial charge in [-0.2, -0.15) is 16.2 Å². The van der Waals surface area contributed by atoms with Gasteiger partial charge in [0.25, 0.3) is 0 Å². The number of hydrogen-bond donors (Lipinski definition) is 0. The number of halogens is 1. The number of nitro benzene ring substituents is 1. The summed E-state index contributed by atoms with van der Waals surface area (Å²) in [5, 5.41) is 11.4. The molecule has 0 spiro atoms. The summed E-state index contributed by atoms with van der Waals surface area (Å²) in [7, 11) is 0. The summed E-state index contributed by atoms with van der Waals surface area (Å²) in [6.45, 7) is 4.82. The number of nitrogens with zero attached hydrogens (tertiary/aromatic N) is 2. The van der Waals surface area contributed by atoms with E-state index < -0.39 is 16.4 Å². The normalized spacial score (nSPS) is 24.1. The molecule has 0 aromatic heterocycles. The molecule has 1 aromatic carbocycles. The van der Waals surface area contributed by atoms with Gasteiger partial charge < -0.3 is 4.90 Å². The molecule has 1 aliphatic rings. The minimum Gasteiger partial charge on any atom is -0.361 e. The number of rotatable bonds is 2. The van der Waals surface area contributed by atoms with E-state index in [1.165, 1.54) is 6.07 Å². The van der Waals surface area contributed by atoms with Crippen molar-refractivity contribution < 1.29 is 9.31 Å². The highest BCUT2D eigenvalue weighted by Gasteiger charge is 2.31. The molecular formula is C12H15FN2O2S. The lowest BCUT2D eigenvalue weighted by molar-refractivity contribution is -0.386. The molecule has 18 heavy (non-hydrogen) atoms. The topological polar surface area (TPSA) is 46.4 Å². The molecule has 6 heteroatoms. The predicted molar refractivity (Wildman–Crippen MR) is 71.8 cm³/mol. The smallest absolute Gasteiger partial charge is 0.327 e. The van der Waals surface area contributed by atoms with Crippen LogP contribution in [0.4, 0.5) is 15.8 Å². The van der Waals surface area contributed by atoms with E-state index in [-0.39, 0.29) is 6.04 Å². The third-order valence-corrected chi connectivity index (χ3v) is 4.68. The van der Waals surface area contributed by atoms with Crippen LogP contribution in [0.1, 0.15) is 13.8 Å². The number of benzene rings is 1. The zero-order valence-corrected chi connectivity index (χ0v) is 11.1. The molecule has 0 radical (unpaired) electrons. The van der Waals surface area contributed by atoms with Gasteiger partial charge in [0, 0.05) is 23.6 Å². The second-order valence-corrected chi connectivity index (χ2v) is 5.86. The quantitative estimate of drug-likeness (QED) is 0.612. The first kappa shape index (κ1) is 13.1. The molecule has 1 heterocycles. The van der Waals surface area contributed by atoms with E-state index in [1.54, 1.807) is 6.07 Å². The highest BCUT2D eigenvalue weighted by molar-refractivity contribution is 8.00. The van der Waals surface area contributed by atoms with Gasteiger partial charge in [-0.15, -0.1) is 0 Å². The molecule has 4 nitrogen and oxygen atoms in total. The van der Waals surface area contributed by atoms with E-state index in [0.717, 1.165) is 11.8 Å². The van der Waals surface area contributed by atoms with Crippen LogP contribution in [0, 0.1) is 15.9 Å². The summed E-state index contributed by atoms with van der Waals surface area (Å²) in [5.74, 6) is 0.134. The lowest BCUT2D eigenvalue weighted by Gasteiger charge is -2.38. The SMILES string of the molecule is CC1SCCN(c2cccc(F)c2[N+](=O)[O-])C1C. The Hall–Kier alpha value is -1.30. The van der Waals surface area contributed by atoms with Crippen molar-refractivity contribution in [2.24, 2.45) is 0 Å². The minimum absolute atomic E-state index is 0.157. The molecule has 1 saturated heterocycles. The third kappa shape index (κ3) is 2.29. The molecule has 0 aliphatic carbocycles. The summed E-state index contributed by atoms with van der Waals surface area (Å²) in [5.41, 5.74) is -0.0249. The average molecular weight is 270 g/mol. The Labute approximate surface area is 109 Å². The number of hydrogen-bond acceptors (Lipinski definition) is 4. The van der Waals surface area contributed by atoms with E-state index in [2.05, 4.69) is 6.92 Å². The fourth-order valence-corrected chi connectivity index (χ4v) is 3.29. The van der Waals surface area contributed by atoms with Crippen LogP contribution in [0.25, 0.3) is 0 Å². The molecule has 1 aromatic rings. The van der Waals surface area contributed by atoms with E-state index in [9.17, 15) is 14.5 Å². The van der Waals surface area contributed by atoms with Crippen LogP contribution < -0.4 is 4.90 Å². The number of para-hydroxylation sites is 1. The molecule has 2 rings (SSSR count). The van der Waals surface area contributed by atoms with E-state index in [1.807, 2.05) is 23.6 Å². The largest absolute Gasteiger partial charge is 0.361 e. The van der Waals surface area contributed by atoms with Crippen molar-refractivity contribution in [2.45, 2.75) is 25.1 Å². The lowest BCUT2D eigenvalue weighted by atomic mass is 10.1. The third-order valence-electron chi connectivity index (χ3n) is 3.34. The van der Waals surface area contributed by atoms with Crippen molar-refractivity contribution in [3.63, 3.8) is 0 Å². The fourth-order valence-electron chi connectivity index (χ4n) is 2.19. The Morgan fingerprint density at radius 1 is 1.50 bits per heavy atom. The Morgan fingerprint density at radius 3 is 2.89 bits per heavy atom. The van der Waals surface area contributed by atoms with Gasteiger partial charge in [-0.05, 0) is 19.1 Å². The van der Waals surface area contributed by atoms with Gasteiger partial charge in [-0.3, -0.25) is 10.1 Å². The van der Waals surface area contributed by atoms with Gasteiger partial charge in [-0.25, -0.2) is 0 Å². The number of nitro groups is 1. The zero-order chi connectivity index (χ0) is 13.3. The van der Waals surface area contributed by atoms with Gasteiger partial charge in [0.1, 0.15) is 5.69 Å². The molecule has 1 aliphatic heterocycles. The van der Waals surface area contributed by atoms with Crippen LogP contribution in [0.15, 0.2) is 18.2 Å². The first-order valence-corrected chi connectivity index (χ1v) is 6.88. The zero-order valence-electron chi connectivity index (χ0n) is 10.3. The summed E-state index contributed by atoms with van der Waals surface area (Å²) in [6, 6.07) is 4.44. The van der Waals surface area contributed by atoms with Crippen molar-refractivity contribution in [1.82, 2.24) is 0 Å². The highest BCUT2D eigenvalue weighted by atomic mass is 32.2. The fraction of sp³-hybridized carbons (Fsp3) is 0.500. The maximum absolute atomic E-state index is 13.6. The number of thioether (sulfide) groups is 1. The Balaban J connectivity index is 2.44. The monoisotopic (exact) mass is 270 g/mol. The van der Waals surface area contributed by atoms with Crippen LogP contribution in [0.5, 0.6) is 0 Å². The maximum atomic E-state index is 13.6. The highest BCUT2D eigenvalue weighted by Crippen LogP contribution is 2.36.